The number of benzene rings is 2. The van der Waals surface area contributed by atoms with Crippen molar-refractivity contribution in [1.82, 2.24) is 20.1 Å². The van der Waals surface area contributed by atoms with E-state index in [4.69, 9.17) is 0 Å². The Balaban J connectivity index is 1.67. The van der Waals surface area contributed by atoms with Crippen molar-refractivity contribution < 1.29 is 9.18 Å². The Morgan fingerprint density at radius 1 is 1.22 bits per heavy atom. The van der Waals surface area contributed by atoms with E-state index in [9.17, 15) is 9.18 Å². The number of hydrogen-bond donors (Lipinski definition) is 1. The molecule has 0 saturated heterocycles. The Morgan fingerprint density at radius 2 is 2.00 bits per heavy atom. The van der Waals surface area contributed by atoms with E-state index in [0.717, 1.165) is 10.9 Å². The number of carbonyl (C=O) groups is 1. The first-order valence-electron chi connectivity index (χ1n) is 8.58. The molecule has 0 radical (unpaired) electrons. The normalized spacial score (nSPS) is 12.0. The zero-order valence-electron chi connectivity index (χ0n) is 15.4. The van der Waals surface area contributed by atoms with Crippen molar-refractivity contribution in [2.75, 3.05) is 0 Å². The molecule has 1 amide bonds. The summed E-state index contributed by atoms with van der Waals surface area (Å²) in [6.45, 7) is 3.87. The number of nitrogens with one attached hydrogen (secondary N) is 1. The lowest BCUT2D eigenvalue weighted by Gasteiger charge is -2.14. The van der Waals surface area contributed by atoms with E-state index in [1.807, 2.05) is 17.7 Å². The minimum Gasteiger partial charge on any atom is -0.342 e. The van der Waals surface area contributed by atoms with Crippen LogP contribution in [0.4, 0.5) is 4.39 Å². The van der Waals surface area contributed by atoms with E-state index >= 15 is 0 Å². The topological polar surface area (TPSA) is 59.8 Å². The fourth-order valence-corrected chi connectivity index (χ4v) is 3.62. The zero-order chi connectivity index (χ0) is 19.4. The third-order valence-corrected chi connectivity index (χ3v) is 5.26. The van der Waals surface area contributed by atoms with Gasteiger partial charge >= 0.3 is 0 Å². The fourth-order valence-electron chi connectivity index (χ4n) is 2.76. The maximum atomic E-state index is 13.8. The van der Waals surface area contributed by atoms with E-state index in [-0.39, 0.29) is 5.56 Å². The summed E-state index contributed by atoms with van der Waals surface area (Å²) >= 11 is 1.58. The molecule has 0 aliphatic heterocycles. The molecule has 7 heteroatoms. The molecule has 0 fully saturated rings. The third kappa shape index (κ3) is 4.54. The first-order valence-corrected chi connectivity index (χ1v) is 9.57. The highest BCUT2D eigenvalue weighted by atomic mass is 32.2. The summed E-state index contributed by atoms with van der Waals surface area (Å²) in [4.78, 5) is 12.3. The highest BCUT2D eigenvalue weighted by Gasteiger charge is 2.19. The molecule has 0 aliphatic rings. The molecule has 1 N–H and O–H groups in total. The van der Waals surface area contributed by atoms with E-state index in [0.29, 0.717) is 5.82 Å². The SMILES string of the molecule is Cc1cccc(CSc2nnc(C(C)NC(=O)c3ccccc3F)n2C)c1. The van der Waals surface area contributed by atoms with Crippen LogP contribution in [-0.2, 0) is 12.8 Å². The molecular formula is C20H21FN4OS. The van der Waals surface area contributed by atoms with Gasteiger partial charge in [-0.1, -0.05) is 53.7 Å². The van der Waals surface area contributed by atoms with Gasteiger partial charge in [0.1, 0.15) is 5.82 Å². The molecule has 140 valence electrons. The van der Waals surface area contributed by atoms with Crippen LogP contribution >= 0.6 is 11.8 Å². The van der Waals surface area contributed by atoms with Gasteiger partial charge in [0.2, 0.25) is 0 Å². The molecule has 0 spiro atoms. The van der Waals surface area contributed by atoms with Gasteiger partial charge in [0.25, 0.3) is 5.91 Å². The van der Waals surface area contributed by atoms with E-state index < -0.39 is 17.8 Å². The van der Waals surface area contributed by atoms with Crippen molar-refractivity contribution in [3.63, 3.8) is 0 Å². The third-order valence-electron chi connectivity index (χ3n) is 4.17. The minimum atomic E-state index is -0.547. The van der Waals surface area contributed by atoms with Crippen LogP contribution in [0.25, 0.3) is 0 Å². The van der Waals surface area contributed by atoms with Crippen molar-refractivity contribution in [3.05, 3.63) is 76.9 Å². The lowest BCUT2D eigenvalue weighted by Crippen LogP contribution is -2.29. The van der Waals surface area contributed by atoms with E-state index in [2.05, 4.69) is 40.6 Å². The van der Waals surface area contributed by atoms with Crippen molar-refractivity contribution in [3.8, 4) is 0 Å². The van der Waals surface area contributed by atoms with Crippen LogP contribution in [0.5, 0.6) is 0 Å². The number of amides is 1. The number of nitrogens with zero attached hydrogens (tertiary/aromatic N) is 3. The highest BCUT2D eigenvalue weighted by Crippen LogP contribution is 2.23. The second-order valence-electron chi connectivity index (χ2n) is 6.35. The maximum Gasteiger partial charge on any atom is 0.254 e. The molecule has 1 heterocycles. The smallest absolute Gasteiger partial charge is 0.254 e. The van der Waals surface area contributed by atoms with Gasteiger partial charge in [0.15, 0.2) is 11.0 Å². The van der Waals surface area contributed by atoms with Crippen LogP contribution in [-0.4, -0.2) is 20.7 Å². The summed E-state index contributed by atoms with van der Waals surface area (Å²) in [6, 6.07) is 13.8. The predicted molar refractivity (Wildman–Crippen MR) is 104 cm³/mol. The number of carbonyl (C=O) groups excluding carboxylic acids is 1. The van der Waals surface area contributed by atoms with Gasteiger partial charge in [0.05, 0.1) is 11.6 Å². The lowest BCUT2D eigenvalue weighted by molar-refractivity contribution is 0.0933. The van der Waals surface area contributed by atoms with Crippen LogP contribution in [0.15, 0.2) is 53.7 Å². The number of aryl methyl sites for hydroxylation is 1. The number of hydrogen-bond acceptors (Lipinski definition) is 4. The Bertz CT molecular complexity index is 957. The summed E-state index contributed by atoms with van der Waals surface area (Å²) in [5.41, 5.74) is 2.45. The quantitative estimate of drug-likeness (QED) is 0.652. The van der Waals surface area contributed by atoms with Crippen molar-refractivity contribution >= 4 is 17.7 Å². The second-order valence-corrected chi connectivity index (χ2v) is 7.30. The first kappa shape index (κ1) is 19.1. The van der Waals surface area contributed by atoms with Crippen LogP contribution in [0.3, 0.4) is 0 Å². The molecule has 0 saturated carbocycles. The van der Waals surface area contributed by atoms with Crippen LogP contribution in [0.2, 0.25) is 0 Å². The molecule has 2 aromatic carbocycles. The van der Waals surface area contributed by atoms with Gasteiger partial charge in [-0.05, 0) is 31.5 Å². The number of halogens is 1. The molecule has 1 atom stereocenters. The number of rotatable bonds is 6. The Hall–Kier alpha value is -2.67. The summed E-state index contributed by atoms with van der Waals surface area (Å²) in [7, 11) is 1.86. The molecule has 1 unspecified atom stereocenters. The van der Waals surface area contributed by atoms with Gasteiger partial charge in [-0.3, -0.25) is 4.79 Å². The molecular weight excluding hydrogens is 363 g/mol. The summed E-state index contributed by atoms with van der Waals surface area (Å²) in [5, 5.41) is 12.0. The van der Waals surface area contributed by atoms with Crippen molar-refractivity contribution in [1.29, 1.82) is 0 Å². The van der Waals surface area contributed by atoms with Gasteiger partial charge in [-0.25, -0.2) is 4.39 Å². The van der Waals surface area contributed by atoms with E-state index in [1.165, 1.54) is 23.3 Å². The fraction of sp³-hybridized carbons (Fsp3) is 0.250. The Morgan fingerprint density at radius 3 is 2.74 bits per heavy atom. The minimum absolute atomic E-state index is 0.0144. The molecule has 5 nitrogen and oxygen atoms in total. The Labute approximate surface area is 162 Å². The van der Waals surface area contributed by atoms with Gasteiger partial charge in [-0.2, -0.15) is 0 Å². The summed E-state index contributed by atoms with van der Waals surface area (Å²) < 4.78 is 15.6. The second kappa shape index (κ2) is 8.35. The Kier molecular flexibility index (Phi) is 5.91. The molecule has 3 rings (SSSR count). The zero-order valence-corrected chi connectivity index (χ0v) is 16.3. The predicted octanol–water partition coefficient (Wildman–Crippen LogP) is 4.05. The summed E-state index contributed by atoms with van der Waals surface area (Å²) in [5.74, 6) is 0.377. The molecule has 0 bridgehead atoms. The number of thioether (sulfide) groups is 1. The molecule has 1 aromatic heterocycles. The average Bonchev–Trinajstić information content (AvgIpc) is 3.01. The van der Waals surface area contributed by atoms with Gasteiger partial charge < -0.3 is 9.88 Å². The maximum absolute atomic E-state index is 13.8. The molecule has 27 heavy (non-hydrogen) atoms. The molecule has 0 aliphatic carbocycles. The van der Waals surface area contributed by atoms with Crippen LogP contribution in [0, 0.1) is 12.7 Å². The molecule has 3 aromatic rings. The monoisotopic (exact) mass is 384 g/mol. The largest absolute Gasteiger partial charge is 0.342 e. The number of aromatic nitrogens is 3. The van der Waals surface area contributed by atoms with Crippen molar-refractivity contribution in [2.45, 2.75) is 30.8 Å². The van der Waals surface area contributed by atoms with Gasteiger partial charge in [-0.15, -0.1) is 10.2 Å². The summed E-state index contributed by atoms with van der Waals surface area (Å²) in [6.07, 6.45) is 0. The van der Waals surface area contributed by atoms with E-state index in [1.54, 1.807) is 30.8 Å². The first-order chi connectivity index (χ1) is 13.0. The van der Waals surface area contributed by atoms with Crippen LogP contribution in [0.1, 0.15) is 40.3 Å². The lowest BCUT2D eigenvalue weighted by atomic mass is 10.2. The van der Waals surface area contributed by atoms with Crippen molar-refractivity contribution in [2.24, 2.45) is 7.05 Å². The van der Waals surface area contributed by atoms with Crippen LogP contribution < -0.4 is 5.32 Å². The standard InChI is InChI=1S/C20H21FN4OS/c1-13-7-6-8-15(11-13)12-27-20-24-23-18(25(20)3)14(2)22-19(26)16-9-4-5-10-17(16)21/h4-11,14H,12H2,1-3H3,(H,22,26). The average molecular weight is 384 g/mol. The highest BCUT2D eigenvalue weighted by molar-refractivity contribution is 7.98. The van der Waals surface area contributed by atoms with Gasteiger partial charge in [0, 0.05) is 12.8 Å².